The van der Waals surface area contributed by atoms with Crippen molar-refractivity contribution in [3.8, 4) is 0 Å². The second kappa shape index (κ2) is 10.5. The molecule has 1 aromatic heterocycles. The van der Waals surface area contributed by atoms with E-state index < -0.39 is 0 Å². The number of nitrogens with one attached hydrogen (secondary N) is 1. The molecule has 0 fully saturated rings. The summed E-state index contributed by atoms with van der Waals surface area (Å²) < 4.78 is 5.38. The van der Waals surface area contributed by atoms with Crippen LogP contribution >= 0.6 is 11.3 Å². The van der Waals surface area contributed by atoms with Crippen LogP contribution in [0.5, 0.6) is 0 Å². The molecule has 1 aromatic rings. The van der Waals surface area contributed by atoms with Gasteiger partial charge in [0.05, 0.1) is 6.61 Å². The number of thiophene rings is 1. The van der Waals surface area contributed by atoms with Gasteiger partial charge >= 0.3 is 0 Å². The fraction of sp³-hybridized carbons (Fsp3) is 0.714. The van der Waals surface area contributed by atoms with Gasteiger partial charge in [0.15, 0.2) is 0 Å². The van der Waals surface area contributed by atoms with Crippen LogP contribution < -0.4 is 5.32 Å². The van der Waals surface area contributed by atoms with Crippen molar-refractivity contribution in [1.82, 2.24) is 10.2 Å². The number of rotatable bonds is 11. The molecule has 1 N–H and O–H groups in total. The Bertz CT molecular complexity index is 277. The molecule has 0 radical (unpaired) electrons. The molecular weight excluding hydrogens is 244 g/mol. The van der Waals surface area contributed by atoms with E-state index in [1.165, 1.54) is 5.56 Å². The van der Waals surface area contributed by atoms with Gasteiger partial charge in [-0.15, -0.1) is 0 Å². The molecule has 3 nitrogen and oxygen atoms in total. The monoisotopic (exact) mass is 270 g/mol. The Kier molecular flexibility index (Phi) is 9.12. The molecule has 0 unspecified atom stereocenters. The lowest BCUT2D eigenvalue weighted by Gasteiger charge is -2.20. The zero-order chi connectivity index (χ0) is 13.1. The lowest BCUT2D eigenvalue weighted by atomic mass is 10.2. The molecule has 1 heterocycles. The third kappa shape index (κ3) is 7.11. The van der Waals surface area contributed by atoms with Crippen LogP contribution in [0.4, 0.5) is 0 Å². The van der Waals surface area contributed by atoms with Gasteiger partial charge in [0.1, 0.15) is 0 Å². The van der Waals surface area contributed by atoms with Crippen LogP contribution in [-0.2, 0) is 11.2 Å². The zero-order valence-electron chi connectivity index (χ0n) is 11.7. The fourth-order valence-electron chi connectivity index (χ4n) is 1.80. The molecular formula is C14H26N2OS. The third-order valence-corrected chi connectivity index (χ3v) is 3.71. The first-order valence-electron chi connectivity index (χ1n) is 6.88. The van der Waals surface area contributed by atoms with E-state index in [0.717, 1.165) is 52.4 Å². The lowest BCUT2D eigenvalue weighted by molar-refractivity contribution is 0.115. The minimum atomic E-state index is 0.816. The fourth-order valence-corrected chi connectivity index (χ4v) is 2.50. The molecule has 0 saturated carbocycles. The van der Waals surface area contributed by atoms with Crippen molar-refractivity contribution in [3.63, 3.8) is 0 Å². The third-order valence-electron chi connectivity index (χ3n) is 2.98. The van der Waals surface area contributed by atoms with Crippen molar-refractivity contribution in [1.29, 1.82) is 0 Å². The molecule has 0 aromatic carbocycles. The molecule has 0 aliphatic rings. The van der Waals surface area contributed by atoms with Crippen LogP contribution in [0.15, 0.2) is 16.8 Å². The van der Waals surface area contributed by atoms with Gasteiger partial charge in [0, 0.05) is 26.2 Å². The van der Waals surface area contributed by atoms with Gasteiger partial charge in [-0.1, -0.05) is 6.92 Å². The molecule has 0 amide bonds. The molecule has 0 bridgehead atoms. The van der Waals surface area contributed by atoms with Gasteiger partial charge in [-0.05, 0) is 48.8 Å². The van der Waals surface area contributed by atoms with E-state index in [0.29, 0.717) is 0 Å². The zero-order valence-corrected chi connectivity index (χ0v) is 12.5. The van der Waals surface area contributed by atoms with Crippen molar-refractivity contribution >= 4 is 11.3 Å². The predicted octanol–water partition coefficient (Wildman–Crippen LogP) is 2.24. The van der Waals surface area contributed by atoms with Gasteiger partial charge in [-0.2, -0.15) is 11.3 Å². The van der Waals surface area contributed by atoms with Gasteiger partial charge in [0.2, 0.25) is 0 Å². The Hall–Kier alpha value is -0.420. The molecule has 4 heteroatoms. The highest BCUT2D eigenvalue weighted by molar-refractivity contribution is 7.07. The van der Waals surface area contributed by atoms with E-state index in [4.69, 9.17) is 4.74 Å². The van der Waals surface area contributed by atoms with Crippen molar-refractivity contribution in [3.05, 3.63) is 22.4 Å². The number of likely N-dealkylation sites (N-methyl/N-ethyl adjacent to an activating group) is 1. The Balaban J connectivity index is 1.97. The van der Waals surface area contributed by atoms with Gasteiger partial charge in [0.25, 0.3) is 0 Å². The van der Waals surface area contributed by atoms with E-state index in [1.807, 2.05) is 6.92 Å². The normalized spacial score (nSPS) is 11.3. The summed E-state index contributed by atoms with van der Waals surface area (Å²) in [5, 5.41) is 7.87. The van der Waals surface area contributed by atoms with Crippen LogP contribution in [0.25, 0.3) is 0 Å². The number of hydrogen-bond donors (Lipinski definition) is 1. The van der Waals surface area contributed by atoms with E-state index >= 15 is 0 Å². The SMILES string of the molecule is CCOCCN(CC)CCNCCc1ccsc1. The van der Waals surface area contributed by atoms with Crippen molar-refractivity contribution in [2.45, 2.75) is 20.3 Å². The van der Waals surface area contributed by atoms with Crippen molar-refractivity contribution in [2.75, 3.05) is 45.9 Å². The maximum Gasteiger partial charge on any atom is 0.0593 e. The minimum absolute atomic E-state index is 0.816. The second-order valence-electron chi connectivity index (χ2n) is 4.26. The van der Waals surface area contributed by atoms with Crippen LogP contribution in [0.1, 0.15) is 19.4 Å². The number of nitrogens with zero attached hydrogens (tertiary/aromatic N) is 1. The predicted molar refractivity (Wildman–Crippen MR) is 79.5 cm³/mol. The highest BCUT2D eigenvalue weighted by atomic mass is 32.1. The first-order valence-corrected chi connectivity index (χ1v) is 7.83. The van der Waals surface area contributed by atoms with E-state index in [9.17, 15) is 0 Å². The molecule has 0 aliphatic carbocycles. The maximum absolute atomic E-state index is 5.38. The topological polar surface area (TPSA) is 24.5 Å². The van der Waals surface area contributed by atoms with E-state index in [2.05, 4.69) is 34.0 Å². The molecule has 0 saturated heterocycles. The smallest absolute Gasteiger partial charge is 0.0593 e. The largest absolute Gasteiger partial charge is 0.380 e. The van der Waals surface area contributed by atoms with Crippen molar-refractivity contribution in [2.24, 2.45) is 0 Å². The summed E-state index contributed by atoms with van der Waals surface area (Å²) in [5.41, 5.74) is 1.44. The quantitative estimate of drug-likeness (QED) is 0.624. The Morgan fingerprint density at radius 1 is 1.28 bits per heavy atom. The first-order chi connectivity index (χ1) is 8.86. The molecule has 1 rings (SSSR count). The van der Waals surface area contributed by atoms with Crippen LogP contribution in [0, 0.1) is 0 Å². The Morgan fingerprint density at radius 3 is 2.83 bits per heavy atom. The first kappa shape index (κ1) is 15.6. The summed E-state index contributed by atoms with van der Waals surface area (Å²) in [6.07, 6.45) is 1.13. The molecule has 18 heavy (non-hydrogen) atoms. The standard InChI is InChI=1S/C14H26N2OS/c1-3-16(10-11-17-4-2)9-8-15-7-5-14-6-12-18-13-14/h6,12-13,15H,3-5,7-11H2,1-2H3. The van der Waals surface area contributed by atoms with Gasteiger partial charge < -0.3 is 15.0 Å². The average Bonchev–Trinajstić information content (AvgIpc) is 2.89. The molecule has 104 valence electrons. The Morgan fingerprint density at radius 2 is 2.17 bits per heavy atom. The van der Waals surface area contributed by atoms with Crippen LogP contribution in [0.2, 0.25) is 0 Å². The van der Waals surface area contributed by atoms with Gasteiger partial charge in [-0.25, -0.2) is 0 Å². The number of ether oxygens (including phenoxy) is 1. The van der Waals surface area contributed by atoms with E-state index in [1.54, 1.807) is 11.3 Å². The summed E-state index contributed by atoms with van der Waals surface area (Å²) >= 11 is 1.77. The summed E-state index contributed by atoms with van der Waals surface area (Å²) in [7, 11) is 0. The molecule has 0 aliphatic heterocycles. The van der Waals surface area contributed by atoms with E-state index in [-0.39, 0.29) is 0 Å². The molecule has 0 spiro atoms. The Labute approximate surface area is 115 Å². The lowest BCUT2D eigenvalue weighted by Crippen LogP contribution is -2.35. The summed E-state index contributed by atoms with van der Waals surface area (Å²) in [4.78, 5) is 2.42. The summed E-state index contributed by atoms with van der Waals surface area (Å²) in [5.74, 6) is 0. The highest BCUT2D eigenvalue weighted by Gasteiger charge is 2.01. The minimum Gasteiger partial charge on any atom is -0.380 e. The van der Waals surface area contributed by atoms with Gasteiger partial charge in [-0.3, -0.25) is 0 Å². The molecule has 0 atom stereocenters. The highest BCUT2D eigenvalue weighted by Crippen LogP contribution is 2.05. The average molecular weight is 270 g/mol. The van der Waals surface area contributed by atoms with Crippen LogP contribution in [-0.4, -0.2) is 50.8 Å². The second-order valence-corrected chi connectivity index (χ2v) is 5.04. The van der Waals surface area contributed by atoms with Crippen LogP contribution in [0.3, 0.4) is 0 Å². The van der Waals surface area contributed by atoms with Crippen molar-refractivity contribution < 1.29 is 4.74 Å². The maximum atomic E-state index is 5.38. The summed E-state index contributed by atoms with van der Waals surface area (Å²) in [6, 6.07) is 2.20. The summed E-state index contributed by atoms with van der Waals surface area (Å²) in [6.45, 7) is 11.3. The number of hydrogen-bond acceptors (Lipinski definition) is 4.